The predicted octanol–water partition coefficient (Wildman–Crippen LogP) is 3.53. The Bertz CT molecular complexity index is 535. The number of aryl methyl sites for hydroxylation is 1. The van der Waals surface area contributed by atoms with Crippen LogP contribution in [0, 0.1) is 3.77 Å². The van der Waals surface area contributed by atoms with Crippen molar-refractivity contribution in [2.45, 2.75) is 31.8 Å². The Morgan fingerprint density at radius 1 is 1.17 bits per heavy atom. The summed E-state index contributed by atoms with van der Waals surface area (Å²) in [5, 5.41) is 3.60. The van der Waals surface area contributed by atoms with Crippen molar-refractivity contribution in [2.75, 3.05) is 0 Å². The highest BCUT2D eigenvalue weighted by atomic mass is 127. The van der Waals surface area contributed by atoms with Crippen LogP contribution in [-0.4, -0.2) is 6.04 Å². The lowest BCUT2D eigenvalue weighted by Gasteiger charge is -2.25. The van der Waals surface area contributed by atoms with E-state index < -0.39 is 0 Å². The summed E-state index contributed by atoms with van der Waals surface area (Å²) in [5.41, 5.74) is 3.01. The molecule has 2 nitrogen and oxygen atoms in total. The van der Waals surface area contributed by atoms with Gasteiger partial charge in [0.05, 0.1) is 6.54 Å². The van der Waals surface area contributed by atoms with E-state index in [2.05, 4.69) is 52.2 Å². The van der Waals surface area contributed by atoms with Gasteiger partial charge in [0.2, 0.25) is 0 Å². The third kappa shape index (κ3) is 2.78. The van der Waals surface area contributed by atoms with E-state index in [0.29, 0.717) is 6.04 Å². The van der Waals surface area contributed by atoms with Gasteiger partial charge in [-0.05, 0) is 65.1 Å². The highest BCUT2D eigenvalue weighted by Gasteiger charge is 2.17. The molecule has 1 atom stereocenters. The summed E-state index contributed by atoms with van der Waals surface area (Å²) in [5.74, 6) is 1.03. The fraction of sp³-hybridized carbons (Fsp3) is 0.333. The Morgan fingerprint density at radius 3 is 2.78 bits per heavy atom. The first-order valence-electron chi connectivity index (χ1n) is 6.35. The molecule has 0 fully saturated rings. The largest absolute Gasteiger partial charge is 0.454 e. The van der Waals surface area contributed by atoms with Gasteiger partial charge < -0.3 is 9.73 Å². The van der Waals surface area contributed by atoms with Crippen molar-refractivity contribution in [3.05, 3.63) is 57.1 Å². The molecule has 1 aromatic heterocycles. The molecule has 3 heteroatoms. The summed E-state index contributed by atoms with van der Waals surface area (Å²) in [6.45, 7) is 0.829. The molecular weight excluding hydrogens is 337 g/mol. The fourth-order valence-corrected chi connectivity index (χ4v) is 3.03. The Kier molecular flexibility index (Phi) is 3.70. The molecule has 0 saturated carbocycles. The van der Waals surface area contributed by atoms with Crippen molar-refractivity contribution in [3.8, 4) is 0 Å². The fourth-order valence-electron chi connectivity index (χ4n) is 2.56. The van der Waals surface area contributed by atoms with Crippen molar-refractivity contribution in [1.82, 2.24) is 5.32 Å². The first-order valence-corrected chi connectivity index (χ1v) is 7.43. The number of nitrogens with one attached hydrogen (secondary N) is 1. The summed E-state index contributed by atoms with van der Waals surface area (Å²) < 4.78 is 6.53. The molecule has 0 aliphatic heterocycles. The maximum absolute atomic E-state index is 5.57. The Morgan fingerprint density at radius 2 is 2.00 bits per heavy atom. The van der Waals surface area contributed by atoms with E-state index in [1.54, 1.807) is 0 Å². The van der Waals surface area contributed by atoms with Crippen LogP contribution in [0.4, 0.5) is 0 Å². The summed E-state index contributed by atoms with van der Waals surface area (Å²) in [6.07, 6.45) is 3.53. The highest BCUT2D eigenvalue weighted by molar-refractivity contribution is 14.1. The van der Waals surface area contributed by atoms with Gasteiger partial charge in [0.25, 0.3) is 0 Å². The van der Waals surface area contributed by atoms with E-state index in [1.807, 2.05) is 12.1 Å². The molecule has 0 bridgehead atoms. The molecule has 1 unspecified atom stereocenters. The van der Waals surface area contributed by atoms with Gasteiger partial charge in [-0.1, -0.05) is 24.3 Å². The maximum Gasteiger partial charge on any atom is 0.164 e. The molecule has 1 aliphatic rings. The Labute approximate surface area is 121 Å². The number of benzene rings is 1. The maximum atomic E-state index is 5.57. The molecule has 0 amide bonds. The van der Waals surface area contributed by atoms with Crippen LogP contribution in [0.25, 0.3) is 0 Å². The number of rotatable bonds is 3. The molecule has 1 N–H and O–H groups in total. The zero-order chi connectivity index (χ0) is 12.4. The van der Waals surface area contributed by atoms with Gasteiger partial charge in [-0.15, -0.1) is 0 Å². The second kappa shape index (κ2) is 5.45. The molecule has 94 valence electrons. The zero-order valence-electron chi connectivity index (χ0n) is 10.2. The lowest BCUT2D eigenvalue weighted by molar-refractivity contribution is 0.408. The van der Waals surface area contributed by atoms with Crippen LogP contribution >= 0.6 is 22.6 Å². The number of hydrogen-bond donors (Lipinski definition) is 1. The van der Waals surface area contributed by atoms with E-state index in [1.165, 1.54) is 24.0 Å². The number of hydrogen-bond acceptors (Lipinski definition) is 2. The van der Waals surface area contributed by atoms with E-state index in [0.717, 1.165) is 22.5 Å². The molecular formula is C15H16INO. The van der Waals surface area contributed by atoms with E-state index in [-0.39, 0.29) is 0 Å². The van der Waals surface area contributed by atoms with Gasteiger partial charge in [0, 0.05) is 6.04 Å². The second-order valence-electron chi connectivity index (χ2n) is 4.80. The van der Waals surface area contributed by atoms with E-state index >= 15 is 0 Å². The number of halogens is 1. The van der Waals surface area contributed by atoms with E-state index in [9.17, 15) is 0 Å². The summed E-state index contributed by atoms with van der Waals surface area (Å²) in [4.78, 5) is 0. The zero-order valence-corrected chi connectivity index (χ0v) is 12.3. The quantitative estimate of drug-likeness (QED) is 0.854. The first kappa shape index (κ1) is 12.2. The van der Waals surface area contributed by atoms with Gasteiger partial charge in [-0.2, -0.15) is 0 Å². The third-order valence-electron chi connectivity index (χ3n) is 3.54. The van der Waals surface area contributed by atoms with Gasteiger partial charge in [0.1, 0.15) is 5.76 Å². The van der Waals surface area contributed by atoms with Gasteiger partial charge in [-0.25, -0.2) is 0 Å². The predicted molar refractivity (Wildman–Crippen MR) is 80.5 cm³/mol. The van der Waals surface area contributed by atoms with Crippen LogP contribution in [-0.2, 0) is 19.4 Å². The standard InChI is InChI=1S/C15H16INO/c16-15-8-7-14(18-15)10-17-13-6-5-11-3-1-2-4-12(11)9-13/h1-4,7-8,13,17H,5-6,9-10H2. The Hall–Kier alpha value is -0.810. The normalized spacial score (nSPS) is 18.6. The average Bonchev–Trinajstić information content (AvgIpc) is 2.82. The summed E-state index contributed by atoms with van der Waals surface area (Å²) >= 11 is 2.20. The Balaban J connectivity index is 1.59. The van der Waals surface area contributed by atoms with Crippen molar-refractivity contribution in [3.63, 3.8) is 0 Å². The molecule has 18 heavy (non-hydrogen) atoms. The molecule has 0 radical (unpaired) electrons. The van der Waals surface area contributed by atoms with Crippen LogP contribution in [0.3, 0.4) is 0 Å². The SMILES string of the molecule is Ic1ccc(CNC2CCc3ccccc3C2)o1. The van der Waals surface area contributed by atoms with Gasteiger partial charge in [0.15, 0.2) is 3.77 Å². The summed E-state index contributed by atoms with van der Waals surface area (Å²) in [6, 6.07) is 13.4. The molecule has 0 spiro atoms. The minimum Gasteiger partial charge on any atom is -0.454 e. The molecule has 3 rings (SSSR count). The second-order valence-corrected chi connectivity index (χ2v) is 5.86. The van der Waals surface area contributed by atoms with Crippen molar-refractivity contribution in [1.29, 1.82) is 0 Å². The molecule has 1 heterocycles. The minimum absolute atomic E-state index is 0.572. The number of fused-ring (bicyclic) bond motifs is 1. The lowest BCUT2D eigenvalue weighted by atomic mass is 9.88. The first-order chi connectivity index (χ1) is 8.81. The minimum atomic E-state index is 0.572. The third-order valence-corrected chi connectivity index (χ3v) is 4.12. The molecule has 0 saturated heterocycles. The smallest absolute Gasteiger partial charge is 0.164 e. The van der Waals surface area contributed by atoms with Gasteiger partial charge in [-0.3, -0.25) is 0 Å². The van der Waals surface area contributed by atoms with Crippen LogP contribution < -0.4 is 5.32 Å². The van der Waals surface area contributed by atoms with Crippen molar-refractivity contribution in [2.24, 2.45) is 0 Å². The van der Waals surface area contributed by atoms with Crippen molar-refractivity contribution < 1.29 is 4.42 Å². The monoisotopic (exact) mass is 353 g/mol. The van der Waals surface area contributed by atoms with Crippen LogP contribution in [0.1, 0.15) is 23.3 Å². The van der Waals surface area contributed by atoms with Crippen LogP contribution in [0.15, 0.2) is 40.8 Å². The molecule has 2 aromatic rings. The van der Waals surface area contributed by atoms with Crippen LogP contribution in [0.5, 0.6) is 0 Å². The highest BCUT2D eigenvalue weighted by Crippen LogP contribution is 2.21. The van der Waals surface area contributed by atoms with Crippen molar-refractivity contribution >= 4 is 22.6 Å². The van der Waals surface area contributed by atoms with Gasteiger partial charge >= 0.3 is 0 Å². The molecule has 1 aromatic carbocycles. The summed E-state index contributed by atoms with van der Waals surface area (Å²) in [7, 11) is 0. The van der Waals surface area contributed by atoms with E-state index in [4.69, 9.17) is 4.42 Å². The van der Waals surface area contributed by atoms with Crippen LogP contribution in [0.2, 0.25) is 0 Å². The number of furan rings is 1. The topological polar surface area (TPSA) is 25.2 Å². The average molecular weight is 353 g/mol. The molecule has 1 aliphatic carbocycles. The lowest BCUT2D eigenvalue weighted by Crippen LogP contribution is -2.33.